The minimum atomic E-state index is -0.00965. The highest BCUT2D eigenvalue weighted by atomic mass is 33.1. The van der Waals surface area contributed by atoms with E-state index in [1.54, 1.807) is 0 Å². The first-order chi connectivity index (χ1) is 5.07. The average Bonchev–Trinajstić information content (AvgIpc) is 1.98. The van der Waals surface area contributed by atoms with Gasteiger partial charge in [-0.15, -0.1) is 11.7 Å². The molecule has 11 heavy (non-hydrogen) atoms. The summed E-state index contributed by atoms with van der Waals surface area (Å²) in [5, 5.41) is 3.05. The van der Waals surface area contributed by atoms with Crippen LogP contribution in [0.5, 0.6) is 0 Å². The molecular formula is C7H15NOS2. The van der Waals surface area contributed by atoms with Crippen LogP contribution in [0.2, 0.25) is 0 Å². The zero-order valence-electron chi connectivity index (χ0n) is 7.13. The van der Waals surface area contributed by atoms with Crippen LogP contribution in [0.4, 0.5) is 0 Å². The van der Waals surface area contributed by atoms with Crippen molar-refractivity contribution in [2.75, 3.05) is 6.54 Å². The highest BCUT2D eigenvalue weighted by Crippen LogP contribution is 2.14. The van der Waals surface area contributed by atoms with E-state index in [-0.39, 0.29) is 11.0 Å². The molecule has 0 radical (unpaired) electrons. The quantitative estimate of drug-likeness (QED) is 0.512. The Balaban J connectivity index is 3.52. The number of hydrogen-bond donors (Lipinski definition) is 2. The summed E-state index contributed by atoms with van der Waals surface area (Å²) >= 11 is 3.97. The van der Waals surface area contributed by atoms with Gasteiger partial charge in [0.2, 0.25) is 0 Å². The normalized spacial score (nSPS) is 13.5. The lowest BCUT2D eigenvalue weighted by Crippen LogP contribution is -2.32. The van der Waals surface area contributed by atoms with Crippen molar-refractivity contribution >= 4 is 28.2 Å². The molecule has 0 aliphatic rings. The van der Waals surface area contributed by atoms with Crippen LogP contribution >= 0.6 is 22.5 Å². The van der Waals surface area contributed by atoms with Crippen molar-refractivity contribution in [3.63, 3.8) is 0 Å². The van der Waals surface area contributed by atoms with E-state index in [4.69, 9.17) is 0 Å². The molecular weight excluding hydrogens is 178 g/mol. The van der Waals surface area contributed by atoms with Gasteiger partial charge in [0, 0.05) is 6.04 Å². The van der Waals surface area contributed by atoms with Crippen LogP contribution in [-0.2, 0) is 4.79 Å². The molecule has 0 fully saturated rings. The Hall–Kier alpha value is 0.330. The number of carbonyl (C=O) groups is 1. The molecule has 0 saturated heterocycles. The van der Waals surface area contributed by atoms with Gasteiger partial charge in [0.15, 0.2) is 5.78 Å². The zero-order chi connectivity index (χ0) is 8.85. The Morgan fingerprint density at radius 1 is 1.55 bits per heavy atom. The second-order valence-corrected chi connectivity index (χ2v) is 4.30. The lowest BCUT2D eigenvalue weighted by molar-refractivity contribution is -0.117. The number of ketones is 1. The van der Waals surface area contributed by atoms with Gasteiger partial charge >= 0.3 is 0 Å². The minimum absolute atomic E-state index is 0.00965. The fraction of sp³-hybridized carbons (Fsp3) is 0.857. The number of thiol groups is 1. The predicted octanol–water partition coefficient (Wildman–Crippen LogP) is 1.52. The molecule has 0 aliphatic carbocycles. The van der Waals surface area contributed by atoms with Crippen molar-refractivity contribution in [1.82, 2.24) is 5.32 Å². The lowest BCUT2D eigenvalue weighted by atomic mass is 10.3. The summed E-state index contributed by atoms with van der Waals surface area (Å²) < 4.78 is 0. The highest BCUT2D eigenvalue weighted by Gasteiger charge is 2.10. The summed E-state index contributed by atoms with van der Waals surface area (Å²) in [6.45, 7) is 6.35. The van der Waals surface area contributed by atoms with Gasteiger partial charge in [-0.1, -0.05) is 24.6 Å². The molecule has 1 atom stereocenters. The van der Waals surface area contributed by atoms with E-state index < -0.39 is 0 Å². The molecule has 0 rings (SSSR count). The Labute approximate surface area is 77.3 Å². The van der Waals surface area contributed by atoms with Crippen molar-refractivity contribution in [3.8, 4) is 0 Å². The number of Topliss-reactive ketones (excluding diaryl/α,β-unsaturated/α-hetero) is 1. The van der Waals surface area contributed by atoms with Crippen LogP contribution in [0.25, 0.3) is 0 Å². The van der Waals surface area contributed by atoms with Crippen LogP contribution < -0.4 is 5.32 Å². The molecule has 0 aromatic carbocycles. The van der Waals surface area contributed by atoms with Gasteiger partial charge in [-0.05, 0) is 6.92 Å². The van der Waals surface area contributed by atoms with Crippen LogP contribution in [0.1, 0.15) is 20.8 Å². The fourth-order valence-corrected chi connectivity index (χ4v) is 1.06. The maximum Gasteiger partial charge on any atom is 0.160 e. The average molecular weight is 193 g/mol. The molecule has 0 spiro atoms. The Kier molecular flexibility index (Phi) is 6.09. The summed E-state index contributed by atoms with van der Waals surface area (Å²) in [6.07, 6.45) is 0. The zero-order valence-corrected chi connectivity index (χ0v) is 8.84. The first-order valence-corrected chi connectivity index (χ1v) is 5.57. The van der Waals surface area contributed by atoms with Gasteiger partial charge in [0.05, 0.1) is 11.8 Å². The predicted molar refractivity (Wildman–Crippen MR) is 54.2 cm³/mol. The third-order valence-corrected chi connectivity index (χ3v) is 2.82. The van der Waals surface area contributed by atoms with Crippen LogP contribution in [0.3, 0.4) is 0 Å². The Bertz CT molecular complexity index is 128. The molecule has 66 valence electrons. The van der Waals surface area contributed by atoms with Gasteiger partial charge in [-0.3, -0.25) is 4.79 Å². The fourth-order valence-electron chi connectivity index (χ4n) is 0.507. The van der Waals surface area contributed by atoms with Gasteiger partial charge < -0.3 is 5.32 Å². The van der Waals surface area contributed by atoms with E-state index in [0.29, 0.717) is 12.6 Å². The topological polar surface area (TPSA) is 29.1 Å². The summed E-state index contributed by atoms with van der Waals surface area (Å²) in [6, 6.07) is 0.371. The lowest BCUT2D eigenvalue weighted by Gasteiger charge is -2.09. The molecule has 0 aliphatic heterocycles. The highest BCUT2D eigenvalue weighted by molar-refractivity contribution is 8.69. The summed E-state index contributed by atoms with van der Waals surface area (Å²) in [7, 11) is 1.29. The largest absolute Gasteiger partial charge is 0.308 e. The van der Waals surface area contributed by atoms with E-state index in [2.05, 4.69) is 17.0 Å². The third kappa shape index (κ3) is 5.58. The van der Waals surface area contributed by atoms with Crippen LogP contribution in [0, 0.1) is 0 Å². The smallest absolute Gasteiger partial charge is 0.160 e. The van der Waals surface area contributed by atoms with Gasteiger partial charge in [-0.25, -0.2) is 0 Å². The number of rotatable bonds is 5. The van der Waals surface area contributed by atoms with Crippen LogP contribution in [-0.4, -0.2) is 23.6 Å². The van der Waals surface area contributed by atoms with Crippen molar-refractivity contribution in [1.29, 1.82) is 0 Å². The number of nitrogens with one attached hydrogen (secondary N) is 1. The third-order valence-electron chi connectivity index (χ3n) is 1.30. The Morgan fingerprint density at radius 2 is 2.09 bits per heavy atom. The summed E-state index contributed by atoms with van der Waals surface area (Å²) in [4.78, 5) is 11.1. The number of carbonyl (C=O) groups excluding carboxylic acids is 1. The second-order valence-electron chi connectivity index (χ2n) is 2.75. The molecule has 0 heterocycles. The first kappa shape index (κ1) is 11.3. The molecule has 0 bridgehead atoms. The maximum absolute atomic E-state index is 11.1. The van der Waals surface area contributed by atoms with Gasteiger partial charge in [0.1, 0.15) is 0 Å². The van der Waals surface area contributed by atoms with Crippen molar-refractivity contribution in [2.45, 2.75) is 32.1 Å². The first-order valence-electron chi connectivity index (χ1n) is 3.64. The standard InChI is InChI=1S/C7H15NOS2/c1-5(2)8-4-7(9)6(3)11-10/h5-6,8,10H,4H2,1-3H3. The molecule has 1 unspecified atom stereocenters. The SMILES string of the molecule is CC(C)NCC(=O)C(C)SS. The van der Waals surface area contributed by atoms with Gasteiger partial charge in [0.25, 0.3) is 0 Å². The van der Waals surface area contributed by atoms with E-state index in [1.807, 2.05) is 20.8 Å². The second kappa shape index (κ2) is 5.91. The van der Waals surface area contributed by atoms with Crippen molar-refractivity contribution in [2.24, 2.45) is 0 Å². The molecule has 0 aromatic heterocycles. The molecule has 0 amide bonds. The van der Waals surface area contributed by atoms with E-state index >= 15 is 0 Å². The molecule has 1 N–H and O–H groups in total. The molecule has 4 heteroatoms. The molecule has 0 saturated carbocycles. The van der Waals surface area contributed by atoms with Crippen LogP contribution in [0.15, 0.2) is 0 Å². The summed E-state index contributed by atoms with van der Waals surface area (Å²) in [5.74, 6) is 0.207. The Morgan fingerprint density at radius 3 is 2.45 bits per heavy atom. The molecule has 2 nitrogen and oxygen atoms in total. The maximum atomic E-state index is 11.1. The minimum Gasteiger partial charge on any atom is -0.308 e. The monoisotopic (exact) mass is 193 g/mol. The molecule has 0 aromatic rings. The van der Waals surface area contributed by atoms with Crippen molar-refractivity contribution in [3.05, 3.63) is 0 Å². The number of hydrogen-bond acceptors (Lipinski definition) is 4. The van der Waals surface area contributed by atoms with Crippen molar-refractivity contribution < 1.29 is 4.79 Å². The van der Waals surface area contributed by atoms with E-state index in [9.17, 15) is 4.79 Å². The van der Waals surface area contributed by atoms with E-state index in [1.165, 1.54) is 10.8 Å². The van der Waals surface area contributed by atoms with Gasteiger partial charge in [-0.2, -0.15) is 0 Å². The van der Waals surface area contributed by atoms with E-state index in [0.717, 1.165) is 0 Å². The summed E-state index contributed by atoms with van der Waals surface area (Å²) in [5.41, 5.74) is 0.